The van der Waals surface area contributed by atoms with Crippen molar-refractivity contribution in [2.45, 2.75) is 37.0 Å². The molecule has 1 saturated heterocycles. The number of β-amino-alcohol motifs (C(OH)–C–C–N with tert-alkyl or cyclic N) is 1. The maximum absolute atomic E-state index is 12.8. The molecule has 0 aromatic carbocycles. The molecule has 0 spiro atoms. The van der Waals surface area contributed by atoms with E-state index in [4.69, 9.17) is 0 Å². The molecule has 136 valence electrons. The van der Waals surface area contributed by atoms with Crippen LogP contribution in [0.3, 0.4) is 0 Å². The van der Waals surface area contributed by atoms with Gasteiger partial charge in [-0.25, -0.2) is 13.4 Å². The van der Waals surface area contributed by atoms with E-state index in [1.54, 1.807) is 12.1 Å². The normalized spacial score (nSPS) is 19.1. The Balaban J connectivity index is 1.87. The second-order valence-electron chi connectivity index (χ2n) is 5.89. The number of amides is 1. The predicted octanol–water partition coefficient (Wildman–Crippen LogP) is 2.28. The highest BCUT2D eigenvalue weighted by molar-refractivity contribution is 7.91. The van der Waals surface area contributed by atoms with E-state index in [1.807, 2.05) is 6.92 Å². The summed E-state index contributed by atoms with van der Waals surface area (Å²) in [6.07, 6.45) is 0.687. The van der Waals surface area contributed by atoms with Crippen LogP contribution in [0.25, 0.3) is 9.75 Å². The predicted molar refractivity (Wildman–Crippen MR) is 98.5 cm³/mol. The van der Waals surface area contributed by atoms with Crippen molar-refractivity contribution in [1.29, 1.82) is 0 Å². The molecule has 0 bridgehead atoms. The van der Waals surface area contributed by atoms with Crippen LogP contribution in [0, 0.1) is 6.92 Å². The number of piperidine rings is 1. The van der Waals surface area contributed by atoms with Gasteiger partial charge in [0.1, 0.15) is 4.21 Å². The fourth-order valence-electron chi connectivity index (χ4n) is 2.68. The number of thiazole rings is 1. The number of hydrogen-bond donors (Lipinski definition) is 2. The molecule has 7 nitrogen and oxygen atoms in total. The van der Waals surface area contributed by atoms with Crippen molar-refractivity contribution in [2.75, 3.05) is 18.4 Å². The second-order valence-corrected chi connectivity index (χ2v) is 10.1. The van der Waals surface area contributed by atoms with Crippen LogP contribution >= 0.6 is 22.7 Å². The molecule has 3 rings (SSSR count). The highest BCUT2D eigenvalue weighted by Gasteiger charge is 2.31. The number of aryl methyl sites for hydroxylation is 1. The number of carbonyl (C=O) groups excluding carboxylic acids is 1. The summed E-state index contributed by atoms with van der Waals surface area (Å²) in [5.41, 5.74) is 0.743. The first kappa shape index (κ1) is 18.5. The van der Waals surface area contributed by atoms with Crippen molar-refractivity contribution in [2.24, 2.45) is 0 Å². The molecule has 1 fully saturated rings. The van der Waals surface area contributed by atoms with Gasteiger partial charge in [0.15, 0.2) is 5.13 Å². The Morgan fingerprint density at radius 2 is 2.16 bits per heavy atom. The molecule has 1 amide bonds. The van der Waals surface area contributed by atoms with Gasteiger partial charge in [-0.1, -0.05) is 11.3 Å². The zero-order valence-electron chi connectivity index (χ0n) is 13.9. The molecule has 10 heteroatoms. The van der Waals surface area contributed by atoms with Gasteiger partial charge in [-0.2, -0.15) is 4.31 Å². The quantitative estimate of drug-likeness (QED) is 0.819. The first-order valence-corrected chi connectivity index (χ1v) is 10.9. The van der Waals surface area contributed by atoms with Gasteiger partial charge in [0, 0.05) is 24.9 Å². The van der Waals surface area contributed by atoms with Gasteiger partial charge in [-0.05, 0) is 31.9 Å². The third-order valence-electron chi connectivity index (χ3n) is 3.84. The number of rotatable bonds is 4. The molecule has 25 heavy (non-hydrogen) atoms. The molecule has 0 aliphatic carbocycles. The summed E-state index contributed by atoms with van der Waals surface area (Å²) >= 11 is 2.50. The standard InChI is InChI=1S/C15H19N3O4S3/c1-9-14(24-15(16-9)17-10(2)19)12-5-6-13(23-12)25(21,22)18-7-3-4-11(20)8-18/h5-6,11,20H,3-4,7-8H2,1-2H3,(H,16,17,19). The number of hydrogen-bond acceptors (Lipinski definition) is 7. The molecule has 2 aromatic rings. The van der Waals surface area contributed by atoms with Crippen LogP contribution in [0.4, 0.5) is 5.13 Å². The minimum Gasteiger partial charge on any atom is -0.392 e. The lowest BCUT2D eigenvalue weighted by Crippen LogP contribution is -2.41. The van der Waals surface area contributed by atoms with Crippen LogP contribution in [0.15, 0.2) is 16.3 Å². The number of aliphatic hydroxyl groups excluding tert-OH is 1. The van der Waals surface area contributed by atoms with Crippen LogP contribution in [-0.4, -0.2) is 47.9 Å². The Hall–Kier alpha value is -1.33. The van der Waals surface area contributed by atoms with Gasteiger partial charge in [-0.3, -0.25) is 4.79 Å². The molecule has 1 aliphatic rings. The van der Waals surface area contributed by atoms with E-state index in [2.05, 4.69) is 10.3 Å². The Bertz CT molecular complexity index is 888. The summed E-state index contributed by atoms with van der Waals surface area (Å²) in [6, 6.07) is 3.35. The molecule has 0 radical (unpaired) electrons. The fourth-order valence-corrected chi connectivity index (χ4v) is 6.83. The number of nitrogens with zero attached hydrogens (tertiary/aromatic N) is 2. The van der Waals surface area contributed by atoms with E-state index in [0.29, 0.717) is 24.5 Å². The van der Waals surface area contributed by atoms with Crippen molar-refractivity contribution in [3.8, 4) is 9.75 Å². The lowest BCUT2D eigenvalue weighted by molar-refractivity contribution is -0.114. The van der Waals surface area contributed by atoms with Crippen molar-refractivity contribution in [3.05, 3.63) is 17.8 Å². The largest absolute Gasteiger partial charge is 0.392 e. The number of nitrogens with one attached hydrogen (secondary N) is 1. The zero-order valence-corrected chi connectivity index (χ0v) is 16.3. The minimum atomic E-state index is -3.60. The lowest BCUT2D eigenvalue weighted by Gasteiger charge is -2.28. The summed E-state index contributed by atoms with van der Waals surface area (Å²) < 4.78 is 27.1. The van der Waals surface area contributed by atoms with Gasteiger partial charge in [0.25, 0.3) is 10.0 Å². The summed E-state index contributed by atoms with van der Waals surface area (Å²) in [5.74, 6) is -0.196. The number of thiophene rings is 1. The van der Waals surface area contributed by atoms with Crippen molar-refractivity contribution in [1.82, 2.24) is 9.29 Å². The Labute approximate surface area is 154 Å². The first-order chi connectivity index (χ1) is 11.8. The molecular formula is C15H19N3O4S3. The van der Waals surface area contributed by atoms with Crippen LogP contribution in [-0.2, 0) is 14.8 Å². The molecule has 1 unspecified atom stereocenters. The molecular weight excluding hydrogens is 382 g/mol. The van der Waals surface area contributed by atoms with Gasteiger partial charge in [-0.15, -0.1) is 11.3 Å². The van der Waals surface area contributed by atoms with Crippen LogP contribution < -0.4 is 5.32 Å². The van der Waals surface area contributed by atoms with E-state index in [0.717, 1.165) is 15.4 Å². The van der Waals surface area contributed by atoms with E-state index in [-0.39, 0.29) is 16.7 Å². The topological polar surface area (TPSA) is 99.6 Å². The Morgan fingerprint density at radius 3 is 2.84 bits per heavy atom. The molecule has 2 aromatic heterocycles. The summed E-state index contributed by atoms with van der Waals surface area (Å²) in [4.78, 5) is 17.1. The fraction of sp³-hybridized carbons (Fsp3) is 0.467. The molecule has 2 N–H and O–H groups in total. The maximum Gasteiger partial charge on any atom is 0.252 e. The van der Waals surface area contributed by atoms with Crippen molar-refractivity contribution in [3.63, 3.8) is 0 Å². The van der Waals surface area contributed by atoms with E-state index in [9.17, 15) is 18.3 Å². The van der Waals surface area contributed by atoms with Crippen LogP contribution in [0.1, 0.15) is 25.5 Å². The van der Waals surface area contributed by atoms with E-state index < -0.39 is 16.1 Å². The van der Waals surface area contributed by atoms with E-state index >= 15 is 0 Å². The number of aliphatic hydroxyl groups is 1. The van der Waals surface area contributed by atoms with Gasteiger partial charge >= 0.3 is 0 Å². The Morgan fingerprint density at radius 1 is 1.40 bits per heavy atom. The van der Waals surface area contributed by atoms with Gasteiger partial charge in [0.2, 0.25) is 5.91 Å². The summed E-state index contributed by atoms with van der Waals surface area (Å²) in [6.45, 7) is 3.81. The maximum atomic E-state index is 12.8. The lowest BCUT2D eigenvalue weighted by atomic mass is 10.1. The van der Waals surface area contributed by atoms with Crippen molar-refractivity contribution < 1.29 is 18.3 Å². The SMILES string of the molecule is CC(=O)Nc1nc(C)c(-c2ccc(S(=O)(=O)N3CCCC(O)C3)s2)s1. The van der Waals surface area contributed by atoms with E-state index in [1.165, 1.54) is 33.9 Å². The number of carbonyl (C=O) groups is 1. The monoisotopic (exact) mass is 401 g/mol. The minimum absolute atomic E-state index is 0.141. The average molecular weight is 402 g/mol. The third-order valence-corrected chi connectivity index (χ3v) is 8.51. The second kappa shape index (κ2) is 7.12. The highest BCUT2D eigenvalue weighted by Crippen LogP contribution is 2.39. The number of aromatic nitrogens is 1. The average Bonchev–Trinajstić information content (AvgIpc) is 3.13. The van der Waals surface area contributed by atoms with Crippen molar-refractivity contribution >= 4 is 43.7 Å². The Kier molecular flexibility index (Phi) is 5.26. The molecule has 1 aliphatic heterocycles. The van der Waals surface area contributed by atoms with Gasteiger partial charge < -0.3 is 10.4 Å². The first-order valence-electron chi connectivity index (χ1n) is 7.81. The summed E-state index contributed by atoms with van der Waals surface area (Å²) in [5, 5.41) is 12.9. The zero-order chi connectivity index (χ0) is 18.2. The molecule has 3 heterocycles. The van der Waals surface area contributed by atoms with Crippen LogP contribution in [0.2, 0.25) is 0 Å². The highest BCUT2D eigenvalue weighted by atomic mass is 32.2. The number of sulfonamides is 1. The van der Waals surface area contributed by atoms with Crippen LogP contribution in [0.5, 0.6) is 0 Å². The third kappa shape index (κ3) is 3.93. The summed E-state index contributed by atoms with van der Waals surface area (Å²) in [7, 11) is -3.60. The number of anilines is 1. The molecule has 1 atom stereocenters. The van der Waals surface area contributed by atoms with Gasteiger partial charge in [0.05, 0.1) is 16.7 Å². The molecule has 0 saturated carbocycles. The smallest absolute Gasteiger partial charge is 0.252 e.